The highest BCUT2D eigenvalue weighted by Crippen LogP contribution is 2.19. The second kappa shape index (κ2) is 7.04. The Hall–Kier alpha value is -1.41. The summed E-state index contributed by atoms with van der Waals surface area (Å²) in [5.74, 6) is -0.659. The van der Waals surface area contributed by atoms with E-state index in [2.05, 4.69) is 43.8 Å². The molecule has 0 saturated carbocycles. The second-order valence-electron chi connectivity index (χ2n) is 4.37. The molecular weight excluding hydrogens is 447 g/mol. The highest BCUT2D eigenvalue weighted by molar-refractivity contribution is 14.1. The van der Waals surface area contributed by atoms with Crippen LogP contribution >= 0.6 is 38.5 Å². The van der Waals surface area contributed by atoms with E-state index in [1.165, 1.54) is 0 Å². The zero-order chi connectivity index (χ0) is 15.4. The van der Waals surface area contributed by atoms with Crippen LogP contribution in [0.4, 0.5) is 0 Å². The molecule has 0 aliphatic rings. The summed E-state index contributed by atoms with van der Waals surface area (Å²) in [7, 11) is 0. The van der Waals surface area contributed by atoms with E-state index in [4.69, 9.17) is 5.73 Å². The number of hydrogen-bond acceptors (Lipinski definition) is 2. The number of benzene rings is 2. The van der Waals surface area contributed by atoms with Gasteiger partial charge in [-0.15, -0.1) is 0 Å². The summed E-state index contributed by atoms with van der Waals surface area (Å²) < 4.78 is 1.72. The fraction of sp³-hybridized carbons (Fsp3) is 0.0667. The lowest BCUT2D eigenvalue weighted by molar-refractivity contribution is 0.0949. The highest BCUT2D eigenvalue weighted by atomic mass is 127. The molecule has 0 bridgehead atoms. The average Bonchev–Trinajstić information content (AvgIpc) is 2.47. The first-order valence-electron chi connectivity index (χ1n) is 6.09. The molecule has 2 aromatic rings. The quantitative estimate of drug-likeness (QED) is 0.691. The first kappa shape index (κ1) is 16.0. The van der Waals surface area contributed by atoms with E-state index in [0.29, 0.717) is 17.7 Å². The summed E-state index contributed by atoms with van der Waals surface area (Å²) in [4.78, 5) is 23.3. The van der Waals surface area contributed by atoms with Gasteiger partial charge in [0.05, 0.1) is 5.56 Å². The van der Waals surface area contributed by atoms with Gasteiger partial charge in [-0.05, 0) is 74.4 Å². The third-order valence-corrected chi connectivity index (χ3v) is 4.20. The Kier molecular flexibility index (Phi) is 5.35. The van der Waals surface area contributed by atoms with E-state index >= 15 is 0 Å². The van der Waals surface area contributed by atoms with Gasteiger partial charge in [-0.25, -0.2) is 0 Å². The Balaban J connectivity index is 2.09. The molecule has 4 nitrogen and oxygen atoms in total. The molecule has 0 saturated heterocycles. The minimum atomic E-state index is -0.483. The molecule has 0 aliphatic heterocycles. The lowest BCUT2D eigenvalue weighted by atomic mass is 10.1. The summed E-state index contributed by atoms with van der Waals surface area (Å²) >= 11 is 5.52. The number of nitrogens with two attached hydrogens (primary N) is 1. The minimum Gasteiger partial charge on any atom is -0.366 e. The lowest BCUT2D eigenvalue weighted by Gasteiger charge is -2.08. The minimum absolute atomic E-state index is 0.176. The summed E-state index contributed by atoms with van der Waals surface area (Å²) in [6.07, 6.45) is 0. The van der Waals surface area contributed by atoms with Crippen LogP contribution in [0.1, 0.15) is 26.3 Å². The van der Waals surface area contributed by atoms with Crippen LogP contribution in [0.5, 0.6) is 0 Å². The van der Waals surface area contributed by atoms with E-state index in [9.17, 15) is 9.59 Å². The van der Waals surface area contributed by atoms with Gasteiger partial charge >= 0.3 is 0 Å². The largest absolute Gasteiger partial charge is 0.366 e. The molecule has 0 atom stereocenters. The van der Waals surface area contributed by atoms with Crippen molar-refractivity contribution in [1.82, 2.24) is 5.32 Å². The summed E-state index contributed by atoms with van der Waals surface area (Å²) in [6.45, 7) is 0.331. The van der Waals surface area contributed by atoms with Crippen molar-refractivity contribution in [2.75, 3.05) is 0 Å². The second-order valence-corrected chi connectivity index (χ2v) is 6.47. The maximum atomic E-state index is 12.2. The smallest absolute Gasteiger partial charge is 0.252 e. The molecular formula is C15H12BrIN2O2. The predicted molar refractivity (Wildman–Crippen MR) is 93.0 cm³/mol. The van der Waals surface area contributed by atoms with Gasteiger partial charge in [0.25, 0.3) is 5.91 Å². The molecule has 21 heavy (non-hydrogen) atoms. The van der Waals surface area contributed by atoms with Crippen molar-refractivity contribution >= 4 is 50.3 Å². The Labute approximate surface area is 144 Å². The van der Waals surface area contributed by atoms with Gasteiger partial charge in [0, 0.05) is 20.2 Å². The maximum absolute atomic E-state index is 12.2. The molecule has 2 rings (SSSR count). The average molecular weight is 459 g/mol. The molecule has 0 fully saturated rings. The van der Waals surface area contributed by atoms with Crippen LogP contribution in [0.15, 0.2) is 46.9 Å². The molecule has 0 spiro atoms. The third-order valence-electron chi connectivity index (χ3n) is 2.84. The van der Waals surface area contributed by atoms with Crippen molar-refractivity contribution < 1.29 is 9.59 Å². The van der Waals surface area contributed by atoms with Crippen molar-refractivity contribution in [2.24, 2.45) is 5.73 Å². The molecule has 0 heterocycles. The zero-order valence-electron chi connectivity index (χ0n) is 10.9. The molecule has 0 aromatic heterocycles. The van der Waals surface area contributed by atoms with Crippen LogP contribution in [0.25, 0.3) is 0 Å². The summed E-state index contributed by atoms with van der Waals surface area (Å²) in [5.41, 5.74) is 7.06. The Morgan fingerprint density at radius 1 is 1.19 bits per heavy atom. The first-order valence-corrected chi connectivity index (χ1v) is 7.96. The Morgan fingerprint density at radius 2 is 1.95 bits per heavy atom. The number of nitrogens with one attached hydrogen (secondary N) is 1. The Bertz CT molecular complexity index is 704. The standard InChI is InChI=1S/C15H12BrIN2O2/c16-13-5-4-11(17)7-12(13)15(21)19-8-9-2-1-3-10(6-9)14(18)20/h1-7H,8H2,(H2,18,20)(H,19,21). The van der Waals surface area contributed by atoms with Crippen molar-refractivity contribution in [3.63, 3.8) is 0 Å². The fourth-order valence-electron chi connectivity index (χ4n) is 1.78. The molecule has 0 radical (unpaired) electrons. The van der Waals surface area contributed by atoms with E-state index in [-0.39, 0.29) is 5.91 Å². The SMILES string of the molecule is NC(=O)c1cccc(CNC(=O)c2cc(I)ccc2Br)c1. The first-order chi connectivity index (χ1) is 9.97. The van der Waals surface area contributed by atoms with E-state index in [0.717, 1.165) is 13.6 Å². The monoisotopic (exact) mass is 458 g/mol. The molecule has 6 heteroatoms. The number of amides is 2. The van der Waals surface area contributed by atoms with Gasteiger partial charge in [0.2, 0.25) is 5.91 Å². The molecule has 108 valence electrons. The molecule has 2 aromatic carbocycles. The van der Waals surface area contributed by atoms with Crippen LogP contribution in [0.2, 0.25) is 0 Å². The maximum Gasteiger partial charge on any atom is 0.252 e. The van der Waals surface area contributed by atoms with Crippen LogP contribution in [-0.4, -0.2) is 11.8 Å². The number of carbonyl (C=O) groups excluding carboxylic acids is 2. The highest BCUT2D eigenvalue weighted by Gasteiger charge is 2.10. The van der Waals surface area contributed by atoms with Crippen molar-refractivity contribution in [1.29, 1.82) is 0 Å². The van der Waals surface area contributed by atoms with Crippen molar-refractivity contribution in [3.05, 3.63) is 67.2 Å². The lowest BCUT2D eigenvalue weighted by Crippen LogP contribution is -2.23. The zero-order valence-corrected chi connectivity index (χ0v) is 14.6. The van der Waals surface area contributed by atoms with Gasteiger partial charge in [0.1, 0.15) is 0 Å². The molecule has 2 amide bonds. The van der Waals surface area contributed by atoms with Crippen molar-refractivity contribution in [2.45, 2.75) is 6.54 Å². The van der Waals surface area contributed by atoms with Gasteiger partial charge in [0.15, 0.2) is 0 Å². The molecule has 0 unspecified atom stereocenters. The fourth-order valence-corrected chi connectivity index (χ4v) is 2.70. The van der Waals surface area contributed by atoms with E-state index in [1.807, 2.05) is 18.2 Å². The predicted octanol–water partition coefficient (Wildman–Crippen LogP) is 3.08. The normalized spacial score (nSPS) is 10.2. The van der Waals surface area contributed by atoms with Gasteiger partial charge in [-0.1, -0.05) is 12.1 Å². The van der Waals surface area contributed by atoms with E-state index < -0.39 is 5.91 Å². The van der Waals surface area contributed by atoms with Crippen molar-refractivity contribution in [3.8, 4) is 0 Å². The Morgan fingerprint density at radius 3 is 2.67 bits per heavy atom. The number of carbonyl (C=O) groups is 2. The number of rotatable bonds is 4. The summed E-state index contributed by atoms with van der Waals surface area (Å²) in [6, 6.07) is 12.4. The van der Waals surface area contributed by atoms with Crippen LogP contribution in [0, 0.1) is 3.57 Å². The van der Waals surface area contributed by atoms with Crippen LogP contribution in [-0.2, 0) is 6.54 Å². The van der Waals surface area contributed by atoms with Gasteiger partial charge < -0.3 is 11.1 Å². The van der Waals surface area contributed by atoms with E-state index in [1.54, 1.807) is 24.3 Å². The van der Waals surface area contributed by atoms with Crippen LogP contribution < -0.4 is 11.1 Å². The molecule has 3 N–H and O–H groups in total. The number of hydrogen-bond donors (Lipinski definition) is 2. The molecule has 0 aliphatic carbocycles. The van der Waals surface area contributed by atoms with Crippen LogP contribution in [0.3, 0.4) is 0 Å². The van der Waals surface area contributed by atoms with Gasteiger partial charge in [-0.3, -0.25) is 9.59 Å². The summed E-state index contributed by atoms with van der Waals surface area (Å²) in [5, 5.41) is 2.83. The van der Waals surface area contributed by atoms with Gasteiger partial charge in [-0.2, -0.15) is 0 Å². The number of primary amides is 1. The topological polar surface area (TPSA) is 72.2 Å². The third kappa shape index (κ3) is 4.28. The number of halogens is 2.